The van der Waals surface area contributed by atoms with Gasteiger partial charge in [-0.2, -0.15) is 0 Å². The van der Waals surface area contributed by atoms with Crippen molar-refractivity contribution >= 4 is 171 Å². The maximum atomic E-state index is 11.5. The van der Waals surface area contributed by atoms with E-state index in [4.69, 9.17) is 0 Å². The molecule has 4 heterocycles. The van der Waals surface area contributed by atoms with E-state index in [9.17, 15) is 29.7 Å². The Morgan fingerprint density at radius 1 is 0.465 bits per heavy atom. The van der Waals surface area contributed by atoms with Crippen molar-refractivity contribution in [1.29, 1.82) is 0 Å². The number of benzene rings is 6. The normalized spacial score (nSPS) is 15.0. The predicted octanol–water partition coefficient (Wildman–Crippen LogP) is 9.74. The van der Waals surface area contributed by atoms with E-state index in [1.807, 2.05) is 38.0 Å². The molecule has 4 aliphatic rings. The van der Waals surface area contributed by atoms with Gasteiger partial charge in [0.05, 0.1) is 27.8 Å². The Labute approximate surface area is 612 Å². The third-order valence-corrected chi connectivity index (χ3v) is 19.8. The van der Waals surface area contributed by atoms with Crippen molar-refractivity contribution < 1.29 is 83.9 Å². The number of halogens is 3. The van der Waals surface area contributed by atoms with Crippen molar-refractivity contribution in [3.8, 4) is 17.1 Å². The number of piperazine rings is 1. The summed E-state index contributed by atoms with van der Waals surface area (Å²) in [6.07, 6.45) is 7.45. The van der Waals surface area contributed by atoms with Gasteiger partial charge >= 0.3 is 101 Å². The summed E-state index contributed by atoms with van der Waals surface area (Å²) in [5.41, 5.74) is 6.97. The van der Waals surface area contributed by atoms with Crippen molar-refractivity contribution in [2.45, 2.75) is 128 Å². The summed E-state index contributed by atoms with van der Waals surface area (Å²) in [7, 11) is 0. The maximum absolute atomic E-state index is 11.5. The van der Waals surface area contributed by atoms with Crippen LogP contribution in [0.3, 0.4) is 0 Å². The van der Waals surface area contributed by atoms with E-state index < -0.39 is 32.1 Å². The first-order chi connectivity index (χ1) is 40.1. The van der Waals surface area contributed by atoms with Gasteiger partial charge < -0.3 is 33.6 Å². The van der Waals surface area contributed by atoms with Crippen LogP contribution in [0.1, 0.15) is 117 Å². The van der Waals surface area contributed by atoms with Gasteiger partial charge in [0.2, 0.25) is 14.2 Å². The second kappa shape index (κ2) is 29.7. The van der Waals surface area contributed by atoms with E-state index >= 15 is 0 Å². The number of hydrogen-bond donors (Lipinski definition) is 4. The number of fused-ring (bicyclic) bond motifs is 3. The number of hydrogen-bond acceptors (Lipinski definition) is 15. The minimum atomic E-state index is -1.14. The van der Waals surface area contributed by atoms with Crippen molar-refractivity contribution in [2.24, 2.45) is 0 Å². The van der Waals surface area contributed by atoms with E-state index in [0.29, 0.717) is 47.4 Å². The van der Waals surface area contributed by atoms with E-state index in [1.54, 1.807) is 41.5 Å². The van der Waals surface area contributed by atoms with Crippen molar-refractivity contribution in [2.75, 3.05) is 26.2 Å². The van der Waals surface area contributed by atoms with Gasteiger partial charge in [-0.15, -0.1) is 30.6 Å². The molecule has 4 N–H and O–H groups in total. The van der Waals surface area contributed by atoms with Gasteiger partial charge in [-0.3, -0.25) is 23.3 Å². The number of aromatic nitrogens is 9. The Morgan fingerprint density at radius 2 is 0.721 bits per heavy atom. The average molecular weight is 1460 g/mol. The van der Waals surface area contributed by atoms with E-state index in [2.05, 4.69) is 174 Å². The predicted molar refractivity (Wildman–Crippen MR) is 349 cm³/mol. The van der Waals surface area contributed by atoms with E-state index in [0.717, 1.165) is 71.2 Å². The molecule has 86 heavy (non-hydrogen) atoms. The fraction of sp³-hybridized carbons (Fsp3) is 0.361. The molecule has 1 aliphatic heterocycles. The number of thioether (sulfide) groups is 3. The molecule has 4 fully saturated rings. The van der Waals surface area contributed by atoms with Gasteiger partial charge in [-0.1, -0.05) is 126 Å². The van der Waals surface area contributed by atoms with Crippen LogP contribution in [0.2, 0.25) is 0 Å². The zero-order valence-electron chi connectivity index (χ0n) is 50.8. The smallest absolute Gasteiger partial charge is 1.00 e. The van der Waals surface area contributed by atoms with Crippen LogP contribution in [0.25, 0.3) is 49.4 Å². The molecule has 0 radical (unpaired) electrons. The molecule has 1 saturated heterocycles. The van der Waals surface area contributed by atoms with Crippen molar-refractivity contribution in [1.82, 2.24) is 54.9 Å². The summed E-state index contributed by atoms with van der Waals surface area (Å²) in [5, 5.41) is 70.4. The summed E-state index contributed by atoms with van der Waals surface area (Å²) in [6, 6.07) is 37.7. The van der Waals surface area contributed by atoms with Crippen LogP contribution in [0.5, 0.6) is 0 Å². The Balaban J connectivity index is 0.000000196. The monoisotopic (exact) mass is 1460 g/mol. The molecule has 0 amide bonds. The third-order valence-electron chi connectivity index (χ3n) is 14.9. The Morgan fingerprint density at radius 3 is 0.953 bits per heavy atom. The molecule has 3 saturated carbocycles. The number of nitrogens with one attached hydrogen (secondary N) is 2. The van der Waals surface area contributed by atoms with Crippen LogP contribution in [0.4, 0.5) is 0 Å². The molecule has 0 bridgehead atoms. The number of nitrogens with zero attached hydrogens (tertiary/aromatic N) is 9. The topological polar surface area (TPSA) is 231 Å². The molecule has 442 valence electrons. The molecule has 0 spiro atoms. The fourth-order valence-electron chi connectivity index (χ4n) is 9.74. The van der Waals surface area contributed by atoms with Crippen LogP contribution in [-0.2, 0) is 14.4 Å². The number of carbonyl (C=O) groups excluding carboxylic acids is 1. The summed E-state index contributed by atoms with van der Waals surface area (Å²) in [6.45, 7) is 14.4. The van der Waals surface area contributed by atoms with Crippen LogP contribution >= 0.6 is 83.1 Å². The molecular weight excluding hydrogens is 1400 g/mol. The van der Waals surface area contributed by atoms with Gasteiger partial charge in [0.1, 0.15) is 9.49 Å². The zero-order chi connectivity index (χ0) is 59.7. The summed E-state index contributed by atoms with van der Waals surface area (Å²) in [4.78, 5) is 34.5. The standard InChI is InChI=1S/3C19H18BrN3O2S.C4H10N2.Ca.K.2H/c3*1-19(2,16(24)25)26-18-22-21-17(20)23(18)15-10-9-12(11-7-8-11)13-5-3-4-6-14(13)15;1-2-6-4-3-5-1;;;;/h3*3-6,9-11H,7-8H2,1-2H3,(H,24,25);5-6H,1-4H2;;;;/q;;;;+2;+1;2*-1/p-1. The molecule has 25 heteroatoms. The van der Waals surface area contributed by atoms with E-state index in [1.165, 1.54) is 94.9 Å². The number of carboxylic acid groups (broad SMARTS) is 3. The SMILES string of the molecule is C1CNCCN1.CC(C)(Sc1nnc(Br)n1-c1ccc(C2CC2)c2ccccc12)C(=O)O.CC(C)(Sc1nnc(Br)n1-c1ccc(C2CC2)c2ccccc12)C(=O)O.CC(C)(Sc1nnc(Br)n1-c1ccc(C2CC2)c2ccccc12)C(=O)[O-].[Ca+2].[H-].[H-].[K+]. The first kappa shape index (κ1) is 69.1. The largest absolute Gasteiger partial charge is 2.00 e. The first-order valence-corrected chi connectivity index (χ1v) is 32.5. The van der Waals surface area contributed by atoms with Gasteiger partial charge in [0, 0.05) is 42.3 Å². The van der Waals surface area contributed by atoms with Crippen LogP contribution in [-0.4, -0.2) is 151 Å². The maximum Gasteiger partial charge on any atom is 2.00 e. The summed E-state index contributed by atoms with van der Waals surface area (Å²) >= 11 is 13.9. The summed E-state index contributed by atoms with van der Waals surface area (Å²) < 4.78 is 4.15. The molecule has 13 rings (SSSR count). The molecule has 9 aromatic rings. The second-order valence-electron chi connectivity index (χ2n) is 22.5. The van der Waals surface area contributed by atoms with E-state index in [-0.39, 0.29) is 92.0 Å². The van der Waals surface area contributed by atoms with Gasteiger partial charge in [-0.05, 0) is 197 Å². The number of aliphatic carboxylic acids is 3. The quantitative estimate of drug-likeness (QED) is 0.0553. The number of carbonyl (C=O) groups is 3. The Kier molecular flexibility index (Phi) is 23.9. The zero-order valence-corrected chi connectivity index (χ0v) is 61.4. The van der Waals surface area contributed by atoms with Gasteiger partial charge in [-0.25, -0.2) is 0 Å². The molecule has 0 atom stereocenters. The van der Waals surface area contributed by atoms with Gasteiger partial charge in [0.25, 0.3) is 0 Å². The van der Waals surface area contributed by atoms with Crippen LogP contribution in [0.15, 0.2) is 139 Å². The molecule has 6 aromatic carbocycles. The molecular formula is C61H65Br3CaKN11O6S3. The van der Waals surface area contributed by atoms with Gasteiger partial charge in [0.15, 0.2) is 15.5 Å². The number of carboxylic acids is 3. The van der Waals surface area contributed by atoms with Crippen molar-refractivity contribution in [3.63, 3.8) is 0 Å². The Bertz CT molecular complexity index is 3560. The fourth-order valence-corrected chi connectivity index (χ4v) is 14.1. The molecule has 3 aromatic heterocycles. The first-order valence-electron chi connectivity index (χ1n) is 27.7. The third kappa shape index (κ3) is 16.1. The summed E-state index contributed by atoms with van der Waals surface area (Å²) in [5.74, 6) is -0.966. The molecule has 0 unspecified atom stereocenters. The molecule has 17 nitrogen and oxygen atoms in total. The second-order valence-corrected chi connectivity index (χ2v) is 29.4. The Hall–Kier alpha value is -2.76. The number of rotatable bonds is 15. The van der Waals surface area contributed by atoms with Crippen LogP contribution < -0.4 is 67.1 Å². The van der Waals surface area contributed by atoms with Crippen molar-refractivity contribution in [3.05, 3.63) is 140 Å². The molecule has 3 aliphatic carbocycles. The average Bonchev–Trinajstić information content (AvgIpc) is 1.53. The van der Waals surface area contributed by atoms with Crippen LogP contribution in [0, 0.1) is 0 Å². The minimum Gasteiger partial charge on any atom is -1.00 e. The minimum absolute atomic E-state index is 0.